The first-order chi connectivity index (χ1) is 15.0. The van der Waals surface area contributed by atoms with Crippen molar-refractivity contribution in [1.29, 1.82) is 0 Å². The molecule has 0 saturated carbocycles. The number of carbonyl (C=O) groups is 2. The van der Waals surface area contributed by atoms with E-state index < -0.39 is 0 Å². The number of aryl methyl sites for hydroxylation is 1. The van der Waals surface area contributed by atoms with Crippen molar-refractivity contribution in [1.82, 2.24) is 9.47 Å². The lowest BCUT2D eigenvalue weighted by atomic mass is 10.1. The third-order valence-corrected chi connectivity index (χ3v) is 5.74. The fourth-order valence-electron chi connectivity index (χ4n) is 4.16. The predicted molar refractivity (Wildman–Crippen MR) is 121 cm³/mol. The Morgan fingerprint density at radius 1 is 1.10 bits per heavy atom. The Morgan fingerprint density at radius 2 is 1.87 bits per heavy atom. The molecule has 3 aromatic rings. The van der Waals surface area contributed by atoms with Crippen molar-refractivity contribution in [3.8, 4) is 11.4 Å². The highest BCUT2D eigenvalue weighted by Gasteiger charge is 2.20. The van der Waals surface area contributed by atoms with Crippen LogP contribution >= 0.6 is 0 Å². The Balaban J connectivity index is 1.52. The fourth-order valence-corrected chi connectivity index (χ4v) is 4.16. The van der Waals surface area contributed by atoms with Crippen molar-refractivity contribution in [2.24, 2.45) is 0 Å². The van der Waals surface area contributed by atoms with Crippen LogP contribution in [0.15, 0.2) is 54.6 Å². The molecule has 0 atom stereocenters. The standard InChI is InChI=1S/C25H27N3O3/c1-17-14-23(18(2)28(17)21-9-11-22(31-3)12-10-21)25(30)26-20-7-4-6-19(15-20)16-27-13-5-8-24(27)29/h4,6-7,9-12,14-15H,5,8,13,16H2,1-3H3,(H,26,30). The zero-order valence-electron chi connectivity index (χ0n) is 18.1. The molecule has 0 bridgehead atoms. The quantitative estimate of drug-likeness (QED) is 0.643. The van der Waals surface area contributed by atoms with Gasteiger partial charge >= 0.3 is 0 Å². The van der Waals surface area contributed by atoms with Crippen LogP contribution < -0.4 is 10.1 Å². The number of likely N-dealkylation sites (tertiary alicyclic amines) is 1. The van der Waals surface area contributed by atoms with Crippen molar-refractivity contribution < 1.29 is 14.3 Å². The van der Waals surface area contributed by atoms with E-state index in [1.165, 1.54) is 0 Å². The molecule has 1 saturated heterocycles. The van der Waals surface area contributed by atoms with Gasteiger partial charge < -0.3 is 19.5 Å². The lowest BCUT2D eigenvalue weighted by molar-refractivity contribution is -0.128. The molecular formula is C25H27N3O3. The molecule has 6 heteroatoms. The van der Waals surface area contributed by atoms with E-state index >= 15 is 0 Å². The molecule has 2 heterocycles. The topological polar surface area (TPSA) is 63.6 Å². The Morgan fingerprint density at radius 3 is 2.55 bits per heavy atom. The summed E-state index contributed by atoms with van der Waals surface area (Å²) in [5.74, 6) is 0.836. The summed E-state index contributed by atoms with van der Waals surface area (Å²) in [6, 6.07) is 17.4. The van der Waals surface area contributed by atoms with Crippen LogP contribution in [0.5, 0.6) is 5.75 Å². The van der Waals surface area contributed by atoms with Gasteiger partial charge in [-0.1, -0.05) is 12.1 Å². The van der Waals surface area contributed by atoms with E-state index in [9.17, 15) is 9.59 Å². The van der Waals surface area contributed by atoms with Gasteiger partial charge in [0.1, 0.15) is 5.75 Å². The Hall–Kier alpha value is -3.54. The molecule has 1 N–H and O–H groups in total. The Labute approximate surface area is 182 Å². The normalized spacial score (nSPS) is 13.5. The molecule has 31 heavy (non-hydrogen) atoms. The summed E-state index contributed by atoms with van der Waals surface area (Å²) in [4.78, 5) is 26.8. The molecule has 2 amide bonds. The smallest absolute Gasteiger partial charge is 0.257 e. The van der Waals surface area contributed by atoms with Crippen molar-refractivity contribution >= 4 is 17.5 Å². The lowest BCUT2D eigenvalue weighted by Crippen LogP contribution is -2.23. The van der Waals surface area contributed by atoms with E-state index in [4.69, 9.17) is 4.74 Å². The summed E-state index contributed by atoms with van der Waals surface area (Å²) in [5, 5.41) is 3.01. The van der Waals surface area contributed by atoms with Crippen molar-refractivity contribution in [2.75, 3.05) is 19.0 Å². The Bertz CT molecular complexity index is 1120. The number of methoxy groups -OCH3 is 1. The molecule has 6 nitrogen and oxygen atoms in total. The van der Waals surface area contributed by atoms with Crippen LogP contribution in [-0.4, -0.2) is 34.9 Å². The number of hydrogen-bond donors (Lipinski definition) is 1. The first-order valence-electron chi connectivity index (χ1n) is 10.5. The molecule has 1 aromatic heterocycles. The maximum absolute atomic E-state index is 13.0. The SMILES string of the molecule is COc1ccc(-n2c(C)cc(C(=O)Nc3cccc(CN4CCCC4=O)c3)c2C)cc1. The number of benzene rings is 2. The van der Waals surface area contributed by atoms with Gasteiger partial charge in [-0.05, 0) is 68.3 Å². The summed E-state index contributed by atoms with van der Waals surface area (Å²) in [6.07, 6.45) is 1.54. The van der Waals surface area contributed by atoms with E-state index in [-0.39, 0.29) is 11.8 Å². The molecule has 4 rings (SSSR count). The third kappa shape index (κ3) is 4.33. The fraction of sp³-hybridized carbons (Fsp3) is 0.280. The molecule has 0 radical (unpaired) electrons. The second-order valence-corrected chi connectivity index (χ2v) is 7.89. The number of rotatable bonds is 6. The van der Waals surface area contributed by atoms with Crippen LogP contribution in [0.1, 0.15) is 40.2 Å². The van der Waals surface area contributed by atoms with Crippen LogP contribution in [0.3, 0.4) is 0 Å². The number of carbonyl (C=O) groups excluding carboxylic acids is 2. The summed E-state index contributed by atoms with van der Waals surface area (Å²) in [6.45, 7) is 5.31. The highest BCUT2D eigenvalue weighted by molar-refractivity contribution is 6.05. The van der Waals surface area contributed by atoms with Gasteiger partial charge in [-0.25, -0.2) is 0 Å². The maximum atomic E-state index is 13.0. The summed E-state index contributed by atoms with van der Waals surface area (Å²) in [5.41, 5.74) is 5.20. The van der Waals surface area contributed by atoms with Gasteiger partial charge in [0.05, 0.1) is 12.7 Å². The second-order valence-electron chi connectivity index (χ2n) is 7.89. The molecule has 0 unspecified atom stereocenters. The average molecular weight is 418 g/mol. The van der Waals surface area contributed by atoms with E-state index in [2.05, 4.69) is 9.88 Å². The zero-order chi connectivity index (χ0) is 22.0. The minimum absolute atomic E-state index is 0.151. The third-order valence-electron chi connectivity index (χ3n) is 5.74. The molecule has 1 fully saturated rings. The number of hydrogen-bond acceptors (Lipinski definition) is 3. The Kier molecular flexibility index (Phi) is 5.80. The van der Waals surface area contributed by atoms with E-state index in [0.29, 0.717) is 18.5 Å². The monoisotopic (exact) mass is 417 g/mol. The summed E-state index contributed by atoms with van der Waals surface area (Å²) < 4.78 is 7.30. The zero-order valence-corrected chi connectivity index (χ0v) is 18.1. The molecule has 1 aliphatic heterocycles. The first kappa shape index (κ1) is 20.7. The van der Waals surface area contributed by atoms with Gasteiger partial charge in [0, 0.05) is 42.3 Å². The molecule has 0 aliphatic carbocycles. The first-order valence-corrected chi connectivity index (χ1v) is 10.5. The number of aromatic nitrogens is 1. The van der Waals surface area contributed by atoms with Crippen LogP contribution in [0.2, 0.25) is 0 Å². The minimum atomic E-state index is -0.151. The number of nitrogens with one attached hydrogen (secondary N) is 1. The average Bonchev–Trinajstić information content (AvgIpc) is 3.30. The van der Waals surface area contributed by atoms with Gasteiger partial charge in [-0.15, -0.1) is 0 Å². The van der Waals surface area contributed by atoms with Gasteiger partial charge in [0.25, 0.3) is 5.91 Å². The predicted octanol–water partition coefficient (Wildman–Crippen LogP) is 4.48. The van der Waals surface area contributed by atoms with Crippen LogP contribution in [0, 0.1) is 13.8 Å². The molecule has 1 aliphatic rings. The number of nitrogens with zero attached hydrogens (tertiary/aromatic N) is 2. The van der Waals surface area contributed by atoms with Gasteiger partial charge in [0.2, 0.25) is 5.91 Å². The van der Waals surface area contributed by atoms with Crippen LogP contribution in [-0.2, 0) is 11.3 Å². The summed E-state index contributed by atoms with van der Waals surface area (Å²) in [7, 11) is 1.64. The maximum Gasteiger partial charge on any atom is 0.257 e. The molecule has 160 valence electrons. The van der Waals surface area contributed by atoms with Crippen molar-refractivity contribution in [2.45, 2.75) is 33.2 Å². The number of anilines is 1. The largest absolute Gasteiger partial charge is 0.497 e. The molecule has 2 aromatic carbocycles. The summed E-state index contributed by atoms with van der Waals surface area (Å²) >= 11 is 0. The van der Waals surface area contributed by atoms with E-state index in [1.54, 1.807) is 7.11 Å². The van der Waals surface area contributed by atoms with Crippen molar-refractivity contribution in [3.05, 3.63) is 77.1 Å². The minimum Gasteiger partial charge on any atom is -0.497 e. The highest BCUT2D eigenvalue weighted by Crippen LogP contribution is 2.24. The van der Waals surface area contributed by atoms with Gasteiger partial charge in [-0.2, -0.15) is 0 Å². The van der Waals surface area contributed by atoms with Crippen LogP contribution in [0.4, 0.5) is 5.69 Å². The number of ether oxygens (including phenoxy) is 1. The lowest BCUT2D eigenvalue weighted by Gasteiger charge is -2.16. The molecule has 0 spiro atoms. The highest BCUT2D eigenvalue weighted by atomic mass is 16.5. The van der Waals surface area contributed by atoms with E-state index in [0.717, 1.165) is 47.0 Å². The van der Waals surface area contributed by atoms with Crippen molar-refractivity contribution in [3.63, 3.8) is 0 Å². The van der Waals surface area contributed by atoms with Crippen LogP contribution in [0.25, 0.3) is 5.69 Å². The van der Waals surface area contributed by atoms with E-state index in [1.807, 2.05) is 73.3 Å². The second kappa shape index (κ2) is 8.68. The number of amides is 2. The molecular weight excluding hydrogens is 390 g/mol. The van der Waals surface area contributed by atoms with Gasteiger partial charge in [-0.3, -0.25) is 9.59 Å². The van der Waals surface area contributed by atoms with Gasteiger partial charge in [0.15, 0.2) is 0 Å².